The molecule has 2 heteroatoms. The van der Waals surface area contributed by atoms with E-state index in [4.69, 9.17) is 6.42 Å². The number of hydrogen-bond donors (Lipinski definition) is 0. The molecule has 0 aliphatic carbocycles. The predicted octanol–water partition coefficient (Wildman–Crippen LogP) is 1.20. The molecule has 0 aromatic heterocycles. The lowest BCUT2D eigenvalue weighted by Crippen LogP contribution is -2.74. The Kier molecular flexibility index (Phi) is 2.22. The molecule has 2 atom stereocenters. The van der Waals surface area contributed by atoms with Crippen LogP contribution in [-0.4, -0.2) is 48.1 Å². The summed E-state index contributed by atoms with van der Waals surface area (Å²) >= 11 is 0. The lowest BCUT2D eigenvalue weighted by atomic mass is 9.63. The molecule has 0 aromatic rings. The van der Waals surface area contributed by atoms with Crippen molar-refractivity contribution in [2.24, 2.45) is 5.41 Å². The van der Waals surface area contributed by atoms with Crippen molar-refractivity contribution in [2.45, 2.75) is 25.4 Å². The summed E-state index contributed by atoms with van der Waals surface area (Å²) in [5.74, 6) is 3.04. The number of fused-ring (bicyclic) bond motifs is 1. The second-order valence-corrected chi connectivity index (χ2v) is 5.26. The first-order valence-electron chi connectivity index (χ1n) is 5.58. The second kappa shape index (κ2) is 3.10. The zero-order chi connectivity index (χ0) is 11.3. The maximum atomic E-state index is 5.79. The van der Waals surface area contributed by atoms with E-state index in [9.17, 15) is 0 Å². The van der Waals surface area contributed by atoms with E-state index in [1.165, 1.54) is 0 Å². The van der Waals surface area contributed by atoms with Gasteiger partial charge in [-0.25, -0.2) is 0 Å². The van der Waals surface area contributed by atoms with Gasteiger partial charge in [0.1, 0.15) is 5.54 Å². The van der Waals surface area contributed by atoms with Crippen LogP contribution >= 0.6 is 0 Å². The molecule has 2 saturated heterocycles. The molecule has 0 radical (unpaired) electrons. The average Bonchev–Trinajstić information content (AvgIpc) is 2.38. The van der Waals surface area contributed by atoms with Gasteiger partial charge in [0.15, 0.2) is 0 Å². The first-order chi connectivity index (χ1) is 7.01. The quantitative estimate of drug-likeness (QED) is 0.492. The molecule has 0 saturated carbocycles. The third-order valence-corrected chi connectivity index (χ3v) is 4.07. The van der Waals surface area contributed by atoms with Crippen molar-refractivity contribution < 1.29 is 0 Å². The van der Waals surface area contributed by atoms with E-state index in [-0.39, 0.29) is 11.0 Å². The molecule has 0 bridgehead atoms. The van der Waals surface area contributed by atoms with Gasteiger partial charge in [-0.2, -0.15) is 0 Å². The molecule has 2 aliphatic heterocycles. The van der Waals surface area contributed by atoms with Crippen LogP contribution in [0, 0.1) is 17.8 Å². The molecule has 0 amide bonds. The van der Waals surface area contributed by atoms with E-state index in [0.29, 0.717) is 6.04 Å². The van der Waals surface area contributed by atoms with Gasteiger partial charge in [-0.3, -0.25) is 4.90 Å². The van der Waals surface area contributed by atoms with E-state index < -0.39 is 0 Å². The van der Waals surface area contributed by atoms with E-state index in [0.717, 1.165) is 19.6 Å². The van der Waals surface area contributed by atoms with Gasteiger partial charge in [0, 0.05) is 31.1 Å². The number of rotatable bonds is 2. The van der Waals surface area contributed by atoms with Crippen LogP contribution in [0.5, 0.6) is 0 Å². The minimum Gasteiger partial charge on any atom is -0.302 e. The van der Waals surface area contributed by atoms with Crippen LogP contribution in [0.3, 0.4) is 0 Å². The molecule has 15 heavy (non-hydrogen) atoms. The van der Waals surface area contributed by atoms with Crippen molar-refractivity contribution in [3.8, 4) is 12.3 Å². The Morgan fingerprint density at radius 2 is 2.07 bits per heavy atom. The molecular formula is C13H20N2. The Bertz CT molecular complexity index is 328. The van der Waals surface area contributed by atoms with Gasteiger partial charge in [0.2, 0.25) is 0 Å². The summed E-state index contributed by atoms with van der Waals surface area (Å²) in [4.78, 5) is 4.75. The van der Waals surface area contributed by atoms with E-state index >= 15 is 0 Å². The molecule has 0 N–H and O–H groups in total. The first-order valence-corrected chi connectivity index (χ1v) is 5.58. The minimum atomic E-state index is -0.0995. The summed E-state index contributed by atoms with van der Waals surface area (Å²) in [6.45, 7) is 11.5. The maximum Gasteiger partial charge on any atom is 0.107 e. The highest BCUT2D eigenvalue weighted by molar-refractivity contribution is 5.38. The highest BCUT2D eigenvalue weighted by Crippen LogP contribution is 2.53. The zero-order valence-corrected chi connectivity index (χ0v) is 9.95. The van der Waals surface area contributed by atoms with Crippen LogP contribution in [0.25, 0.3) is 0 Å². The minimum absolute atomic E-state index is 0.0995. The van der Waals surface area contributed by atoms with Gasteiger partial charge in [0.05, 0.1) is 0 Å². The van der Waals surface area contributed by atoms with E-state index in [1.54, 1.807) is 0 Å². The molecule has 2 nitrogen and oxygen atoms in total. The molecule has 0 spiro atoms. The number of likely N-dealkylation sites (N-methyl/N-ethyl adjacent to an activating group) is 1. The molecule has 2 rings (SSSR count). The van der Waals surface area contributed by atoms with Crippen molar-refractivity contribution in [1.82, 2.24) is 9.80 Å². The van der Waals surface area contributed by atoms with Gasteiger partial charge in [0.25, 0.3) is 0 Å². The van der Waals surface area contributed by atoms with Crippen LogP contribution in [0.1, 0.15) is 13.8 Å². The number of likely N-dealkylation sites (tertiary alicyclic amines) is 2. The molecule has 2 aliphatic rings. The van der Waals surface area contributed by atoms with Crippen LogP contribution in [-0.2, 0) is 0 Å². The third kappa shape index (κ3) is 1.08. The monoisotopic (exact) mass is 204 g/mol. The van der Waals surface area contributed by atoms with Crippen LogP contribution < -0.4 is 0 Å². The number of terminal acetylenes is 1. The molecule has 2 fully saturated rings. The van der Waals surface area contributed by atoms with Gasteiger partial charge in [-0.15, -0.1) is 13.0 Å². The molecular weight excluding hydrogens is 184 g/mol. The largest absolute Gasteiger partial charge is 0.302 e. The Morgan fingerprint density at radius 3 is 2.53 bits per heavy atom. The highest BCUT2D eigenvalue weighted by Gasteiger charge is 2.66. The van der Waals surface area contributed by atoms with Crippen molar-refractivity contribution in [2.75, 3.05) is 26.7 Å². The Balaban J connectivity index is 2.38. The van der Waals surface area contributed by atoms with Crippen molar-refractivity contribution in [3.63, 3.8) is 0 Å². The summed E-state index contributed by atoms with van der Waals surface area (Å²) in [6, 6.07) is 0.514. The third-order valence-electron chi connectivity index (χ3n) is 4.07. The van der Waals surface area contributed by atoms with Gasteiger partial charge in [-0.05, 0) is 20.9 Å². The summed E-state index contributed by atoms with van der Waals surface area (Å²) in [5, 5.41) is 0. The highest BCUT2D eigenvalue weighted by atomic mass is 15.4. The molecule has 0 unspecified atom stereocenters. The normalized spacial score (nSPS) is 41.0. The smallest absolute Gasteiger partial charge is 0.107 e. The standard InChI is InChI=1S/C13H20N2/c1-6-12-8-14(5)10-13(12,7-2)15(9-12)11(3)4/h2,6,11H,1,8-10H2,3-5H3/t12-,13-/m1/s1. The van der Waals surface area contributed by atoms with Crippen molar-refractivity contribution in [1.29, 1.82) is 0 Å². The Labute approximate surface area is 92.9 Å². The Hall–Kier alpha value is -0.780. The summed E-state index contributed by atoms with van der Waals surface area (Å²) in [7, 11) is 2.14. The van der Waals surface area contributed by atoms with Crippen molar-refractivity contribution >= 4 is 0 Å². The van der Waals surface area contributed by atoms with Crippen LogP contribution in [0.2, 0.25) is 0 Å². The number of hydrogen-bond acceptors (Lipinski definition) is 2. The zero-order valence-electron chi connectivity index (χ0n) is 9.95. The van der Waals surface area contributed by atoms with Gasteiger partial charge >= 0.3 is 0 Å². The second-order valence-electron chi connectivity index (χ2n) is 5.26. The molecule has 82 valence electrons. The Morgan fingerprint density at radius 1 is 1.40 bits per heavy atom. The lowest BCUT2D eigenvalue weighted by Gasteiger charge is -2.60. The molecule has 2 heterocycles. The topological polar surface area (TPSA) is 6.48 Å². The summed E-state index contributed by atoms with van der Waals surface area (Å²) < 4.78 is 0. The number of nitrogens with zero attached hydrogens (tertiary/aromatic N) is 2. The average molecular weight is 204 g/mol. The van der Waals surface area contributed by atoms with Crippen LogP contribution in [0.15, 0.2) is 12.7 Å². The summed E-state index contributed by atoms with van der Waals surface area (Å²) in [5.41, 5.74) is 0.0262. The fourth-order valence-electron chi connectivity index (χ4n) is 3.32. The molecule has 0 aromatic carbocycles. The fraction of sp³-hybridized carbons (Fsp3) is 0.692. The fourth-order valence-corrected chi connectivity index (χ4v) is 3.32. The predicted molar refractivity (Wildman–Crippen MR) is 63.5 cm³/mol. The maximum absolute atomic E-state index is 5.79. The first kappa shape index (κ1) is 10.7. The summed E-state index contributed by atoms with van der Waals surface area (Å²) in [6.07, 6.45) is 7.87. The lowest BCUT2D eigenvalue weighted by molar-refractivity contribution is -0.0762. The van der Waals surface area contributed by atoms with E-state index in [2.05, 4.69) is 49.3 Å². The van der Waals surface area contributed by atoms with Gasteiger partial charge in [-0.1, -0.05) is 12.0 Å². The van der Waals surface area contributed by atoms with E-state index in [1.807, 2.05) is 0 Å². The van der Waals surface area contributed by atoms with Crippen LogP contribution in [0.4, 0.5) is 0 Å². The van der Waals surface area contributed by atoms with Gasteiger partial charge < -0.3 is 4.90 Å². The van der Waals surface area contributed by atoms with Crippen molar-refractivity contribution in [3.05, 3.63) is 12.7 Å². The SMILES string of the molecule is C#C[C@@]12CN(C)C[C@]1(C=C)CN2C(C)C.